The van der Waals surface area contributed by atoms with Gasteiger partial charge in [0.2, 0.25) is 0 Å². The van der Waals surface area contributed by atoms with Crippen molar-refractivity contribution in [1.82, 2.24) is 19.3 Å². The lowest BCUT2D eigenvalue weighted by atomic mass is 9.97. The molecule has 0 radical (unpaired) electrons. The Morgan fingerprint density at radius 2 is 1.79 bits per heavy atom. The lowest BCUT2D eigenvalue weighted by Gasteiger charge is -2.13. The maximum Gasteiger partial charge on any atom is 0.200 e. The monoisotopic (exact) mass is 476 g/mol. The minimum atomic E-state index is -0.596. The van der Waals surface area contributed by atoms with Gasteiger partial charge in [0.1, 0.15) is 17.4 Å². The molecule has 5 nitrogen and oxygen atoms in total. The van der Waals surface area contributed by atoms with Crippen LogP contribution in [0, 0.1) is 23.3 Å². The molecule has 0 unspecified atom stereocenters. The van der Waals surface area contributed by atoms with Crippen molar-refractivity contribution in [3.63, 3.8) is 0 Å². The second-order valence-electron chi connectivity index (χ2n) is 8.39. The molecule has 0 spiro atoms. The van der Waals surface area contributed by atoms with Gasteiger partial charge in [-0.3, -0.25) is 9.67 Å². The molecule has 0 atom stereocenters. The van der Waals surface area contributed by atoms with E-state index in [2.05, 4.69) is 10.2 Å². The highest BCUT2D eigenvalue weighted by Crippen LogP contribution is 2.33. The summed E-state index contributed by atoms with van der Waals surface area (Å²) in [5.74, 6) is -0.605. The van der Waals surface area contributed by atoms with Crippen molar-refractivity contribution in [1.29, 1.82) is 0 Å². The van der Waals surface area contributed by atoms with Gasteiger partial charge in [-0.2, -0.15) is 5.10 Å². The summed E-state index contributed by atoms with van der Waals surface area (Å²) in [6, 6.07) is 15.2. The maximum absolute atomic E-state index is 14.1. The minimum absolute atomic E-state index is 0.0743. The molecule has 34 heavy (non-hydrogen) atoms. The standard InChI is InChI=1S/C26H22F2N4OS/c1-15-11-24(33)21(13-17(15)4-3-16-5-6-19(27)14-22(16)28)25-29-30-26(34)32(25)20-7-8-23-18(12-20)9-10-31(23)2/h5-14,33H,3-4H2,1-2H3,(H,30,34). The van der Waals surface area contributed by atoms with E-state index in [1.807, 2.05) is 55.1 Å². The van der Waals surface area contributed by atoms with E-state index in [0.717, 1.165) is 33.8 Å². The average molecular weight is 477 g/mol. The van der Waals surface area contributed by atoms with E-state index >= 15 is 0 Å². The Labute approximate surface area is 199 Å². The Hall–Kier alpha value is -3.78. The highest BCUT2D eigenvalue weighted by atomic mass is 32.1. The summed E-state index contributed by atoms with van der Waals surface area (Å²) in [4.78, 5) is 0. The van der Waals surface area contributed by atoms with Gasteiger partial charge >= 0.3 is 0 Å². The predicted molar refractivity (Wildman–Crippen MR) is 131 cm³/mol. The molecule has 0 amide bonds. The van der Waals surface area contributed by atoms with Crippen LogP contribution in [0.25, 0.3) is 28.0 Å². The Morgan fingerprint density at radius 1 is 1.00 bits per heavy atom. The van der Waals surface area contributed by atoms with Crippen LogP contribution in [0.4, 0.5) is 8.78 Å². The molecule has 0 saturated heterocycles. The molecule has 0 saturated carbocycles. The predicted octanol–water partition coefficient (Wildman–Crippen LogP) is 6.17. The lowest BCUT2D eigenvalue weighted by molar-refractivity contribution is 0.476. The first kappa shape index (κ1) is 22.0. The molecule has 8 heteroatoms. The molecule has 0 aliphatic carbocycles. The van der Waals surface area contributed by atoms with Crippen molar-refractivity contribution in [3.05, 3.63) is 93.9 Å². The number of H-pyrrole nitrogens is 1. The Bertz CT molecular complexity index is 1600. The van der Waals surface area contributed by atoms with Crippen molar-refractivity contribution in [3.8, 4) is 22.8 Å². The fourth-order valence-corrected chi connectivity index (χ4v) is 4.54. The van der Waals surface area contributed by atoms with E-state index in [4.69, 9.17) is 12.2 Å². The number of aryl methyl sites for hydroxylation is 4. The number of rotatable bonds is 5. The molecule has 0 aliphatic rings. The van der Waals surface area contributed by atoms with Gasteiger partial charge in [-0.05, 0) is 91.1 Å². The second kappa shape index (κ2) is 8.53. The van der Waals surface area contributed by atoms with Crippen molar-refractivity contribution >= 4 is 23.1 Å². The van der Waals surface area contributed by atoms with Gasteiger partial charge in [0, 0.05) is 30.2 Å². The second-order valence-corrected chi connectivity index (χ2v) is 8.78. The van der Waals surface area contributed by atoms with Gasteiger partial charge in [-0.15, -0.1) is 0 Å². The summed E-state index contributed by atoms with van der Waals surface area (Å²) in [7, 11) is 1.99. The van der Waals surface area contributed by atoms with Gasteiger partial charge in [0.15, 0.2) is 10.6 Å². The molecule has 2 N–H and O–H groups in total. The summed E-state index contributed by atoms with van der Waals surface area (Å²) in [6.07, 6.45) is 2.91. The molecule has 0 bridgehead atoms. The van der Waals surface area contributed by atoms with Crippen LogP contribution in [0.1, 0.15) is 16.7 Å². The van der Waals surface area contributed by atoms with E-state index in [0.29, 0.717) is 34.6 Å². The average Bonchev–Trinajstić information content (AvgIpc) is 3.36. The van der Waals surface area contributed by atoms with Crippen LogP contribution >= 0.6 is 12.2 Å². The number of fused-ring (bicyclic) bond motifs is 1. The number of aromatic hydroxyl groups is 1. The molecule has 5 rings (SSSR count). The number of aromatic amines is 1. The molecule has 5 aromatic rings. The third kappa shape index (κ3) is 3.90. The molecular weight excluding hydrogens is 454 g/mol. The quantitative estimate of drug-likeness (QED) is 0.299. The first-order valence-corrected chi connectivity index (χ1v) is 11.2. The lowest BCUT2D eigenvalue weighted by Crippen LogP contribution is -2.01. The zero-order valence-electron chi connectivity index (χ0n) is 18.6. The van der Waals surface area contributed by atoms with E-state index in [1.165, 1.54) is 12.1 Å². The first-order valence-electron chi connectivity index (χ1n) is 10.8. The van der Waals surface area contributed by atoms with E-state index in [1.54, 1.807) is 10.6 Å². The number of phenols is 1. The molecule has 172 valence electrons. The third-order valence-corrected chi connectivity index (χ3v) is 6.45. The minimum Gasteiger partial charge on any atom is -0.507 e. The van der Waals surface area contributed by atoms with Crippen molar-refractivity contribution in [2.45, 2.75) is 19.8 Å². The maximum atomic E-state index is 14.1. The molecule has 3 aromatic carbocycles. The van der Waals surface area contributed by atoms with Crippen LogP contribution in [0.3, 0.4) is 0 Å². The topological polar surface area (TPSA) is 58.8 Å². The Balaban J connectivity index is 1.55. The van der Waals surface area contributed by atoms with Crippen LogP contribution in [0.15, 0.2) is 60.8 Å². The molecule has 0 fully saturated rings. The van der Waals surface area contributed by atoms with Crippen LogP contribution in [-0.2, 0) is 19.9 Å². The Morgan fingerprint density at radius 3 is 2.59 bits per heavy atom. The number of benzene rings is 3. The summed E-state index contributed by atoms with van der Waals surface area (Å²) in [5.41, 5.74) is 4.66. The Kier molecular flexibility index (Phi) is 5.53. The number of nitrogens with zero attached hydrogens (tertiary/aromatic N) is 3. The van der Waals surface area contributed by atoms with Gasteiger partial charge in [0.05, 0.1) is 11.3 Å². The number of halogens is 2. The van der Waals surface area contributed by atoms with E-state index in [-0.39, 0.29) is 5.75 Å². The molecular formula is C26H22F2N4OS. The zero-order valence-corrected chi connectivity index (χ0v) is 19.5. The summed E-state index contributed by atoms with van der Waals surface area (Å²) in [6.45, 7) is 1.89. The fraction of sp³-hybridized carbons (Fsp3) is 0.154. The summed E-state index contributed by atoms with van der Waals surface area (Å²) >= 11 is 5.51. The summed E-state index contributed by atoms with van der Waals surface area (Å²) < 4.78 is 31.6. The number of nitrogens with one attached hydrogen (secondary N) is 1. The zero-order chi connectivity index (χ0) is 24.0. The van der Waals surface area contributed by atoms with Crippen molar-refractivity contribution in [2.24, 2.45) is 7.05 Å². The van der Waals surface area contributed by atoms with Crippen LogP contribution in [0.2, 0.25) is 0 Å². The normalized spacial score (nSPS) is 11.4. The number of aromatic nitrogens is 4. The number of hydrogen-bond acceptors (Lipinski definition) is 3. The van der Waals surface area contributed by atoms with Gasteiger partial charge in [-0.25, -0.2) is 8.78 Å². The number of hydrogen-bond donors (Lipinski definition) is 2. The van der Waals surface area contributed by atoms with E-state index in [9.17, 15) is 13.9 Å². The highest BCUT2D eigenvalue weighted by Gasteiger charge is 2.17. The molecule has 0 aliphatic heterocycles. The third-order valence-electron chi connectivity index (χ3n) is 6.17. The van der Waals surface area contributed by atoms with E-state index < -0.39 is 11.6 Å². The molecule has 2 heterocycles. The largest absolute Gasteiger partial charge is 0.507 e. The van der Waals surface area contributed by atoms with Gasteiger partial charge in [-0.1, -0.05) is 6.07 Å². The number of phenolic OH excluding ortho intramolecular Hbond substituents is 1. The van der Waals surface area contributed by atoms with Crippen LogP contribution in [0.5, 0.6) is 5.75 Å². The van der Waals surface area contributed by atoms with Gasteiger partial charge < -0.3 is 9.67 Å². The fourth-order valence-electron chi connectivity index (χ4n) is 4.31. The molecule has 2 aromatic heterocycles. The van der Waals surface area contributed by atoms with Crippen molar-refractivity contribution < 1.29 is 13.9 Å². The first-order chi connectivity index (χ1) is 16.3. The SMILES string of the molecule is Cc1cc(O)c(-c2n[nH]c(=S)n2-c2ccc3c(ccn3C)c2)cc1CCc1ccc(F)cc1F. The smallest absolute Gasteiger partial charge is 0.200 e. The highest BCUT2D eigenvalue weighted by molar-refractivity contribution is 7.71. The summed E-state index contributed by atoms with van der Waals surface area (Å²) in [5, 5.41) is 19.1. The van der Waals surface area contributed by atoms with Crippen LogP contribution < -0.4 is 0 Å². The van der Waals surface area contributed by atoms with Crippen LogP contribution in [-0.4, -0.2) is 24.4 Å². The van der Waals surface area contributed by atoms with Gasteiger partial charge in [0.25, 0.3) is 0 Å². The van der Waals surface area contributed by atoms with Crippen molar-refractivity contribution in [2.75, 3.05) is 0 Å².